The molecule has 2 amide bonds. The average Bonchev–Trinajstić information content (AvgIpc) is 3.39. The molecule has 0 saturated carbocycles. The minimum Gasteiger partial charge on any atom is -0.454 e. The van der Waals surface area contributed by atoms with Gasteiger partial charge in [-0.1, -0.05) is 6.07 Å². The van der Waals surface area contributed by atoms with Crippen LogP contribution in [0.3, 0.4) is 0 Å². The van der Waals surface area contributed by atoms with Gasteiger partial charge in [0, 0.05) is 24.1 Å². The topological polar surface area (TPSA) is 85.9 Å². The first-order valence-corrected chi connectivity index (χ1v) is 9.09. The number of fused-ring (bicyclic) bond motifs is 1. The van der Waals surface area contributed by atoms with Crippen molar-refractivity contribution in [2.24, 2.45) is 0 Å². The molecule has 1 fully saturated rings. The highest BCUT2D eigenvalue weighted by Crippen LogP contribution is 2.32. The van der Waals surface area contributed by atoms with E-state index in [1.807, 2.05) is 18.2 Å². The van der Waals surface area contributed by atoms with Gasteiger partial charge in [-0.3, -0.25) is 9.59 Å². The van der Waals surface area contributed by atoms with E-state index in [1.165, 1.54) is 6.08 Å². The maximum atomic E-state index is 12.1. The third-order valence-corrected chi connectivity index (χ3v) is 4.47. The van der Waals surface area contributed by atoms with Gasteiger partial charge < -0.3 is 24.8 Å². The predicted molar refractivity (Wildman–Crippen MR) is 104 cm³/mol. The first-order chi connectivity index (χ1) is 13.7. The molecule has 0 bridgehead atoms. The van der Waals surface area contributed by atoms with Gasteiger partial charge in [0.1, 0.15) is 6.10 Å². The molecule has 7 heteroatoms. The molecule has 2 heterocycles. The molecule has 0 aliphatic carbocycles. The standard InChI is InChI=1S/C21H20N2O5/c24-20(10-4-14-3-9-17-19(12-14)28-13-27-17)22-15-5-7-16(8-6-15)23-21(25)18-2-1-11-26-18/h3-10,12,18H,1-2,11,13H2,(H,22,24)(H,23,25)/b10-4+/t18-/m0/s1. The van der Waals surface area contributed by atoms with Crippen molar-refractivity contribution in [3.63, 3.8) is 0 Å². The molecule has 2 aliphatic rings. The first kappa shape index (κ1) is 18.1. The molecule has 2 aromatic carbocycles. The van der Waals surface area contributed by atoms with Crippen LogP contribution >= 0.6 is 0 Å². The Hall–Kier alpha value is -3.32. The molecule has 2 aliphatic heterocycles. The van der Waals surface area contributed by atoms with Crippen LogP contribution in [0.25, 0.3) is 6.08 Å². The van der Waals surface area contributed by atoms with Crippen molar-refractivity contribution in [2.45, 2.75) is 18.9 Å². The number of amides is 2. The van der Waals surface area contributed by atoms with Crippen LogP contribution in [-0.2, 0) is 14.3 Å². The second kappa shape index (κ2) is 8.14. The summed E-state index contributed by atoms with van der Waals surface area (Å²) >= 11 is 0. The molecule has 4 rings (SSSR count). The van der Waals surface area contributed by atoms with Gasteiger partial charge in [-0.15, -0.1) is 0 Å². The normalized spacial score (nSPS) is 17.6. The number of carbonyl (C=O) groups excluding carboxylic acids is 2. The highest BCUT2D eigenvalue weighted by atomic mass is 16.7. The fourth-order valence-electron chi connectivity index (χ4n) is 3.02. The molecule has 7 nitrogen and oxygen atoms in total. The molecule has 1 saturated heterocycles. The summed E-state index contributed by atoms with van der Waals surface area (Å²) < 4.78 is 15.9. The largest absolute Gasteiger partial charge is 0.454 e. The van der Waals surface area contributed by atoms with Crippen molar-refractivity contribution in [1.82, 2.24) is 0 Å². The lowest BCUT2D eigenvalue weighted by Gasteiger charge is -2.11. The number of ether oxygens (including phenoxy) is 3. The molecule has 0 spiro atoms. The number of benzene rings is 2. The summed E-state index contributed by atoms with van der Waals surface area (Å²) in [6.07, 6.45) is 4.43. The molecule has 144 valence electrons. The highest BCUT2D eigenvalue weighted by molar-refractivity contribution is 6.02. The quantitative estimate of drug-likeness (QED) is 0.778. The lowest BCUT2D eigenvalue weighted by atomic mass is 10.2. The molecule has 1 atom stereocenters. The predicted octanol–water partition coefficient (Wildman–Crippen LogP) is 3.18. The van der Waals surface area contributed by atoms with E-state index in [4.69, 9.17) is 14.2 Å². The van der Waals surface area contributed by atoms with E-state index in [9.17, 15) is 9.59 Å². The van der Waals surface area contributed by atoms with E-state index in [-0.39, 0.29) is 24.7 Å². The van der Waals surface area contributed by atoms with E-state index in [0.717, 1.165) is 18.4 Å². The molecular formula is C21H20N2O5. The van der Waals surface area contributed by atoms with Crippen LogP contribution in [-0.4, -0.2) is 31.3 Å². The number of anilines is 2. The summed E-state index contributed by atoms with van der Waals surface area (Å²) in [6.45, 7) is 0.843. The zero-order valence-corrected chi connectivity index (χ0v) is 15.1. The van der Waals surface area contributed by atoms with Crippen molar-refractivity contribution in [3.05, 3.63) is 54.1 Å². The van der Waals surface area contributed by atoms with Crippen molar-refractivity contribution in [2.75, 3.05) is 24.0 Å². The number of nitrogens with one attached hydrogen (secondary N) is 2. The van der Waals surface area contributed by atoms with Crippen molar-refractivity contribution in [1.29, 1.82) is 0 Å². The van der Waals surface area contributed by atoms with Crippen molar-refractivity contribution in [3.8, 4) is 11.5 Å². The molecule has 0 radical (unpaired) electrons. The molecular weight excluding hydrogens is 360 g/mol. The van der Waals surface area contributed by atoms with E-state index in [0.29, 0.717) is 29.5 Å². The number of hydrogen-bond donors (Lipinski definition) is 2. The number of carbonyl (C=O) groups is 2. The Morgan fingerprint density at radius 3 is 2.46 bits per heavy atom. The third-order valence-electron chi connectivity index (χ3n) is 4.47. The molecule has 0 unspecified atom stereocenters. The summed E-state index contributed by atoms with van der Waals surface area (Å²) in [7, 11) is 0. The lowest BCUT2D eigenvalue weighted by Crippen LogP contribution is -2.26. The highest BCUT2D eigenvalue weighted by Gasteiger charge is 2.23. The van der Waals surface area contributed by atoms with Gasteiger partial charge in [0.25, 0.3) is 5.91 Å². The Bertz CT molecular complexity index is 902. The molecule has 0 aromatic heterocycles. The molecule has 28 heavy (non-hydrogen) atoms. The minimum absolute atomic E-state index is 0.138. The van der Waals surface area contributed by atoms with Gasteiger partial charge in [0.15, 0.2) is 11.5 Å². The van der Waals surface area contributed by atoms with Gasteiger partial charge in [0.05, 0.1) is 0 Å². The summed E-state index contributed by atoms with van der Waals surface area (Å²) in [5, 5.41) is 5.60. The van der Waals surface area contributed by atoms with Crippen LogP contribution in [0, 0.1) is 0 Å². The molecule has 2 N–H and O–H groups in total. The fourth-order valence-corrected chi connectivity index (χ4v) is 3.02. The number of rotatable bonds is 5. The maximum absolute atomic E-state index is 12.1. The summed E-state index contributed by atoms with van der Waals surface area (Å²) in [6, 6.07) is 12.4. The zero-order valence-electron chi connectivity index (χ0n) is 15.1. The fraction of sp³-hybridized carbons (Fsp3) is 0.238. The van der Waals surface area contributed by atoms with Gasteiger partial charge in [-0.05, 0) is 60.9 Å². The minimum atomic E-state index is -0.374. The zero-order chi connectivity index (χ0) is 19.3. The summed E-state index contributed by atoms with van der Waals surface area (Å²) in [5.74, 6) is 0.978. The van der Waals surface area contributed by atoms with Crippen LogP contribution < -0.4 is 20.1 Å². The lowest BCUT2D eigenvalue weighted by molar-refractivity contribution is -0.124. The third kappa shape index (κ3) is 4.32. The van der Waals surface area contributed by atoms with Crippen LogP contribution in [0.2, 0.25) is 0 Å². The second-order valence-corrected chi connectivity index (χ2v) is 6.50. The van der Waals surface area contributed by atoms with Crippen LogP contribution in [0.5, 0.6) is 11.5 Å². The van der Waals surface area contributed by atoms with Crippen molar-refractivity contribution < 1.29 is 23.8 Å². The van der Waals surface area contributed by atoms with Gasteiger partial charge in [-0.25, -0.2) is 0 Å². The van der Waals surface area contributed by atoms with Crippen molar-refractivity contribution >= 4 is 29.3 Å². The molecule has 2 aromatic rings. The van der Waals surface area contributed by atoms with Gasteiger partial charge in [-0.2, -0.15) is 0 Å². The van der Waals surface area contributed by atoms with E-state index < -0.39 is 0 Å². The Morgan fingerprint density at radius 2 is 1.71 bits per heavy atom. The Labute approximate surface area is 162 Å². The van der Waals surface area contributed by atoms with E-state index in [2.05, 4.69) is 10.6 Å². The smallest absolute Gasteiger partial charge is 0.253 e. The van der Waals surface area contributed by atoms with E-state index >= 15 is 0 Å². The second-order valence-electron chi connectivity index (χ2n) is 6.50. The van der Waals surface area contributed by atoms with Crippen LogP contribution in [0.15, 0.2) is 48.5 Å². The Morgan fingerprint density at radius 1 is 0.964 bits per heavy atom. The van der Waals surface area contributed by atoms with E-state index in [1.54, 1.807) is 30.3 Å². The number of hydrogen-bond acceptors (Lipinski definition) is 5. The van der Waals surface area contributed by atoms with Gasteiger partial charge >= 0.3 is 0 Å². The summed E-state index contributed by atoms with van der Waals surface area (Å²) in [4.78, 5) is 24.2. The van der Waals surface area contributed by atoms with Crippen LogP contribution in [0.4, 0.5) is 11.4 Å². The first-order valence-electron chi connectivity index (χ1n) is 9.09. The summed E-state index contributed by atoms with van der Waals surface area (Å²) in [5.41, 5.74) is 2.14. The SMILES string of the molecule is O=C(/C=C/c1ccc2c(c1)OCO2)Nc1ccc(NC(=O)[C@@H]2CCCO2)cc1. The van der Waals surface area contributed by atoms with Gasteiger partial charge in [0.2, 0.25) is 12.7 Å². The van der Waals surface area contributed by atoms with Crippen LogP contribution in [0.1, 0.15) is 18.4 Å². The maximum Gasteiger partial charge on any atom is 0.253 e. The Kier molecular flexibility index (Phi) is 5.25. The monoisotopic (exact) mass is 380 g/mol. The Balaban J connectivity index is 1.31. The average molecular weight is 380 g/mol.